The third kappa shape index (κ3) is 2.95. The summed E-state index contributed by atoms with van der Waals surface area (Å²) in [6, 6.07) is 1.92. The number of nitrogens with two attached hydrogens (primary N) is 1. The van der Waals surface area contributed by atoms with E-state index in [1.165, 1.54) is 0 Å². The molecule has 18 heavy (non-hydrogen) atoms. The molecule has 0 radical (unpaired) electrons. The van der Waals surface area contributed by atoms with Crippen molar-refractivity contribution in [3.63, 3.8) is 0 Å². The normalized spacial score (nSPS) is 16.9. The van der Waals surface area contributed by atoms with Gasteiger partial charge in [0.25, 0.3) is 0 Å². The van der Waals surface area contributed by atoms with Gasteiger partial charge in [0.15, 0.2) is 0 Å². The lowest BCUT2D eigenvalue weighted by atomic mass is 10.0. The molecule has 0 atom stereocenters. The van der Waals surface area contributed by atoms with Gasteiger partial charge in [-0.25, -0.2) is 0 Å². The molecule has 1 aliphatic carbocycles. The zero-order chi connectivity index (χ0) is 13.4. The van der Waals surface area contributed by atoms with E-state index in [-0.39, 0.29) is 5.41 Å². The van der Waals surface area contributed by atoms with E-state index < -0.39 is 8.07 Å². The van der Waals surface area contributed by atoms with Crippen LogP contribution in [0, 0.1) is 11.5 Å². The maximum atomic E-state index is 6.31. The van der Waals surface area contributed by atoms with Crippen LogP contribution in [0.2, 0.25) is 24.7 Å². The van der Waals surface area contributed by atoms with Gasteiger partial charge in [-0.3, -0.25) is 4.98 Å². The Bertz CT molecular complexity index is 519. The SMILES string of the molecule is C[Si](C)(C)C#Cc1cnc(C2(CN)CC2)c(Cl)c1. The maximum Gasteiger partial charge on any atom is 0.129 e. The molecule has 2 N–H and O–H groups in total. The Morgan fingerprint density at radius 2 is 2.11 bits per heavy atom. The number of hydrogen-bond donors (Lipinski definition) is 1. The van der Waals surface area contributed by atoms with Crippen LogP contribution in [-0.4, -0.2) is 19.6 Å². The molecule has 2 rings (SSSR count). The molecular weight excluding hydrogens is 260 g/mol. The van der Waals surface area contributed by atoms with Crippen molar-refractivity contribution in [2.75, 3.05) is 6.54 Å². The van der Waals surface area contributed by atoms with E-state index >= 15 is 0 Å². The first-order valence-electron chi connectivity index (χ1n) is 6.26. The van der Waals surface area contributed by atoms with E-state index in [0.29, 0.717) is 11.6 Å². The molecule has 96 valence electrons. The average molecular weight is 279 g/mol. The Morgan fingerprint density at radius 1 is 1.44 bits per heavy atom. The van der Waals surface area contributed by atoms with E-state index in [0.717, 1.165) is 24.1 Å². The highest BCUT2D eigenvalue weighted by Crippen LogP contribution is 2.48. The van der Waals surface area contributed by atoms with E-state index in [1.54, 1.807) is 0 Å². The molecular formula is C14H19ClN2Si. The van der Waals surface area contributed by atoms with Gasteiger partial charge >= 0.3 is 0 Å². The van der Waals surface area contributed by atoms with Gasteiger partial charge in [-0.05, 0) is 18.9 Å². The largest absolute Gasteiger partial charge is 0.330 e. The van der Waals surface area contributed by atoms with Gasteiger partial charge in [-0.15, -0.1) is 5.54 Å². The first-order chi connectivity index (χ1) is 8.36. The lowest BCUT2D eigenvalue weighted by Crippen LogP contribution is -2.21. The minimum Gasteiger partial charge on any atom is -0.330 e. The minimum atomic E-state index is -1.35. The molecule has 0 aromatic carbocycles. The molecule has 0 saturated heterocycles. The summed E-state index contributed by atoms with van der Waals surface area (Å²) < 4.78 is 0. The predicted molar refractivity (Wildman–Crippen MR) is 79.4 cm³/mol. The Morgan fingerprint density at radius 3 is 2.56 bits per heavy atom. The minimum absolute atomic E-state index is 0.0435. The molecule has 0 aliphatic heterocycles. The summed E-state index contributed by atoms with van der Waals surface area (Å²) in [6.45, 7) is 7.28. The lowest BCUT2D eigenvalue weighted by molar-refractivity contribution is 0.678. The summed E-state index contributed by atoms with van der Waals surface area (Å²) in [6.07, 6.45) is 4.01. The van der Waals surface area contributed by atoms with Gasteiger partial charge in [0.2, 0.25) is 0 Å². The Labute approximate surface area is 115 Å². The van der Waals surface area contributed by atoms with Crippen LogP contribution in [0.5, 0.6) is 0 Å². The predicted octanol–water partition coefficient (Wildman–Crippen LogP) is 2.95. The number of aromatic nitrogens is 1. The molecule has 1 aromatic heterocycles. The second kappa shape index (κ2) is 4.69. The van der Waals surface area contributed by atoms with Crippen LogP contribution in [0.3, 0.4) is 0 Å². The van der Waals surface area contributed by atoms with Crippen molar-refractivity contribution >= 4 is 19.7 Å². The Balaban J connectivity index is 2.28. The van der Waals surface area contributed by atoms with Crippen LogP contribution in [-0.2, 0) is 5.41 Å². The van der Waals surface area contributed by atoms with Crippen molar-refractivity contribution < 1.29 is 0 Å². The Hall–Kier alpha value is -0.823. The second-order valence-corrected chi connectivity index (χ2v) is 11.2. The number of rotatable bonds is 2. The van der Waals surface area contributed by atoms with Crippen molar-refractivity contribution in [1.29, 1.82) is 0 Å². The van der Waals surface area contributed by atoms with Crippen LogP contribution in [0.25, 0.3) is 0 Å². The number of hydrogen-bond acceptors (Lipinski definition) is 2. The topological polar surface area (TPSA) is 38.9 Å². The molecule has 0 spiro atoms. The third-order valence-corrected chi connectivity index (χ3v) is 4.33. The fourth-order valence-electron chi connectivity index (χ4n) is 1.84. The fourth-order valence-corrected chi connectivity index (χ4v) is 2.73. The molecule has 1 aliphatic rings. The fraction of sp³-hybridized carbons (Fsp3) is 0.500. The highest BCUT2D eigenvalue weighted by molar-refractivity contribution is 6.83. The average Bonchev–Trinajstić information content (AvgIpc) is 3.06. The molecule has 4 heteroatoms. The van der Waals surface area contributed by atoms with E-state index in [2.05, 4.69) is 36.1 Å². The van der Waals surface area contributed by atoms with E-state index in [9.17, 15) is 0 Å². The van der Waals surface area contributed by atoms with Gasteiger partial charge in [0.05, 0.1) is 10.7 Å². The molecule has 0 amide bonds. The first-order valence-corrected chi connectivity index (χ1v) is 10.1. The van der Waals surface area contributed by atoms with Crippen molar-refractivity contribution in [3.05, 3.63) is 28.5 Å². The molecule has 2 nitrogen and oxygen atoms in total. The zero-order valence-corrected chi connectivity index (χ0v) is 12.9. The second-order valence-electron chi connectivity index (χ2n) is 6.04. The van der Waals surface area contributed by atoms with Crippen molar-refractivity contribution in [2.24, 2.45) is 5.73 Å². The summed E-state index contributed by atoms with van der Waals surface area (Å²) in [5, 5.41) is 0.709. The van der Waals surface area contributed by atoms with Crippen LogP contribution in [0.1, 0.15) is 24.1 Å². The van der Waals surface area contributed by atoms with Crippen LogP contribution in [0.4, 0.5) is 0 Å². The maximum absolute atomic E-state index is 6.31. The smallest absolute Gasteiger partial charge is 0.129 e. The summed E-state index contributed by atoms with van der Waals surface area (Å²) >= 11 is 6.31. The lowest BCUT2D eigenvalue weighted by Gasteiger charge is -2.13. The van der Waals surface area contributed by atoms with E-state index in [1.807, 2.05) is 12.3 Å². The summed E-state index contributed by atoms with van der Waals surface area (Å²) in [4.78, 5) is 4.48. The van der Waals surface area contributed by atoms with Gasteiger partial charge in [-0.1, -0.05) is 37.2 Å². The van der Waals surface area contributed by atoms with Crippen LogP contribution >= 0.6 is 11.6 Å². The van der Waals surface area contributed by atoms with E-state index in [4.69, 9.17) is 17.3 Å². The zero-order valence-electron chi connectivity index (χ0n) is 11.2. The molecule has 1 heterocycles. The van der Waals surface area contributed by atoms with Gasteiger partial charge < -0.3 is 5.73 Å². The highest BCUT2D eigenvalue weighted by Gasteiger charge is 2.45. The molecule has 1 saturated carbocycles. The highest BCUT2D eigenvalue weighted by atomic mass is 35.5. The summed E-state index contributed by atoms with van der Waals surface area (Å²) in [7, 11) is -1.35. The molecule has 0 bridgehead atoms. The van der Waals surface area contributed by atoms with Crippen molar-refractivity contribution in [1.82, 2.24) is 4.98 Å². The number of pyridine rings is 1. The quantitative estimate of drug-likeness (QED) is 0.667. The van der Waals surface area contributed by atoms with Crippen LogP contribution in [0.15, 0.2) is 12.3 Å². The monoisotopic (exact) mass is 278 g/mol. The summed E-state index contributed by atoms with van der Waals surface area (Å²) in [5.74, 6) is 3.18. The van der Waals surface area contributed by atoms with Crippen LogP contribution < -0.4 is 5.73 Å². The standard InChI is InChI=1S/C14H19ClN2Si/c1-18(2,3)7-4-11-8-12(15)13(17-9-11)14(10-16)5-6-14/h8-9H,5-6,10,16H2,1-3H3. The van der Waals surface area contributed by atoms with Crippen molar-refractivity contribution in [3.8, 4) is 11.5 Å². The summed E-state index contributed by atoms with van der Waals surface area (Å²) in [5.41, 5.74) is 11.0. The van der Waals surface area contributed by atoms with Crippen molar-refractivity contribution in [2.45, 2.75) is 37.9 Å². The number of halogens is 1. The molecule has 1 fully saturated rings. The first kappa shape index (κ1) is 13.6. The third-order valence-electron chi connectivity index (χ3n) is 3.17. The van der Waals surface area contributed by atoms with Gasteiger partial charge in [-0.2, -0.15) is 0 Å². The molecule has 1 aromatic rings. The Kier molecular flexibility index (Phi) is 3.55. The van der Waals surface area contributed by atoms with Gasteiger partial charge in [0.1, 0.15) is 8.07 Å². The van der Waals surface area contributed by atoms with Gasteiger partial charge in [0, 0.05) is 23.7 Å². The molecule has 0 unspecified atom stereocenters. The number of nitrogens with zero attached hydrogens (tertiary/aromatic N) is 1.